The molecule has 0 saturated carbocycles. The van der Waals surface area contributed by atoms with Crippen LogP contribution in [0.2, 0.25) is 5.02 Å². The van der Waals surface area contributed by atoms with E-state index in [-0.39, 0.29) is 6.04 Å². The topological polar surface area (TPSA) is 29.3 Å². The molecule has 3 heteroatoms. The number of nitrogens with zero attached hydrogens (tertiary/aromatic N) is 1. The van der Waals surface area contributed by atoms with Crippen molar-refractivity contribution in [1.82, 2.24) is 0 Å². The summed E-state index contributed by atoms with van der Waals surface area (Å²) in [5.74, 6) is 0. The van der Waals surface area contributed by atoms with E-state index in [1.165, 1.54) is 11.3 Å². The van der Waals surface area contributed by atoms with E-state index in [1.807, 2.05) is 19.1 Å². The Morgan fingerprint density at radius 1 is 1.31 bits per heavy atom. The lowest BCUT2D eigenvalue weighted by molar-refractivity contribution is 0.732. The molecule has 1 unspecified atom stereocenters. The summed E-state index contributed by atoms with van der Waals surface area (Å²) in [6.45, 7) is 8.31. The summed E-state index contributed by atoms with van der Waals surface area (Å²) in [5, 5.41) is 0.787. The van der Waals surface area contributed by atoms with Crippen molar-refractivity contribution in [3.63, 3.8) is 0 Å². The second-order valence-corrected chi connectivity index (χ2v) is 4.56. The Morgan fingerprint density at radius 3 is 2.44 bits per heavy atom. The van der Waals surface area contributed by atoms with Gasteiger partial charge in [0.05, 0.1) is 0 Å². The first kappa shape index (κ1) is 13.3. The average Bonchev–Trinajstić information content (AvgIpc) is 2.23. The maximum absolute atomic E-state index is 6.05. The fraction of sp³-hybridized carbons (Fsp3) is 0.538. The molecule has 0 heterocycles. The third kappa shape index (κ3) is 3.39. The molecule has 0 spiro atoms. The molecule has 1 aromatic rings. The summed E-state index contributed by atoms with van der Waals surface area (Å²) in [5.41, 5.74) is 8.36. The average molecular weight is 241 g/mol. The smallest absolute Gasteiger partial charge is 0.0426 e. The van der Waals surface area contributed by atoms with Gasteiger partial charge in [0, 0.05) is 29.8 Å². The number of halogens is 1. The predicted molar refractivity (Wildman–Crippen MR) is 72.4 cm³/mol. The minimum atomic E-state index is 0.176. The van der Waals surface area contributed by atoms with Crippen molar-refractivity contribution >= 4 is 17.3 Å². The van der Waals surface area contributed by atoms with Gasteiger partial charge in [0.2, 0.25) is 0 Å². The van der Waals surface area contributed by atoms with Crippen LogP contribution in [-0.2, 0) is 6.42 Å². The fourth-order valence-electron chi connectivity index (χ4n) is 1.92. The summed E-state index contributed by atoms with van der Waals surface area (Å²) in [6, 6.07) is 6.23. The first-order valence-electron chi connectivity index (χ1n) is 5.87. The van der Waals surface area contributed by atoms with Crippen molar-refractivity contribution in [2.45, 2.75) is 33.2 Å². The summed E-state index contributed by atoms with van der Waals surface area (Å²) in [6.07, 6.45) is 0.892. The van der Waals surface area contributed by atoms with Crippen LogP contribution < -0.4 is 10.6 Å². The van der Waals surface area contributed by atoms with Gasteiger partial charge >= 0.3 is 0 Å². The van der Waals surface area contributed by atoms with E-state index in [1.54, 1.807) is 0 Å². The molecule has 1 atom stereocenters. The Hall–Kier alpha value is -0.730. The van der Waals surface area contributed by atoms with E-state index in [2.05, 4.69) is 24.8 Å². The fourth-order valence-corrected chi connectivity index (χ4v) is 2.08. The Morgan fingerprint density at radius 2 is 1.94 bits per heavy atom. The van der Waals surface area contributed by atoms with Gasteiger partial charge in [0.25, 0.3) is 0 Å². The van der Waals surface area contributed by atoms with Crippen molar-refractivity contribution in [1.29, 1.82) is 0 Å². The Kier molecular flexibility index (Phi) is 5.10. The molecule has 0 aliphatic carbocycles. The monoisotopic (exact) mass is 240 g/mol. The first-order chi connectivity index (χ1) is 7.58. The highest BCUT2D eigenvalue weighted by Crippen LogP contribution is 2.25. The number of anilines is 1. The van der Waals surface area contributed by atoms with E-state index in [9.17, 15) is 0 Å². The molecule has 0 aromatic heterocycles. The maximum atomic E-state index is 6.05. The van der Waals surface area contributed by atoms with Crippen LogP contribution in [0, 0.1) is 0 Å². The Balaban J connectivity index is 3.06. The minimum absolute atomic E-state index is 0.176. The van der Waals surface area contributed by atoms with Crippen LogP contribution in [0.3, 0.4) is 0 Å². The van der Waals surface area contributed by atoms with Gasteiger partial charge in [-0.3, -0.25) is 0 Å². The van der Waals surface area contributed by atoms with Crippen LogP contribution in [0.1, 0.15) is 26.3 Å². The molecule has 16 heavy (non-hydrogen) atoms. The third-order valence-electron chi connectivity index (χ3n) is 2.69. The largest absolute Gasteiger partial charge is 0.372 e. The van der Waals surface area contributed by atoms with Gasteiger partial charge in [-0.1, -0.05) is 17.7 Å². The highest BCUT2D eigenvalue weighted by Gasteiger charge is 2.10. The SMILES string of the molecule is CCN(CC)c1cc(Cl)ccc1CC(C)N. The standard InChI is InChI=1S/C13H21ClN2/c1-4-16(5-2)13-9-12(14)7-6-11(13)8-10(3)15/h6-7,9-10H,4-5,8,15H2,1-3H3. The van der Waals surface area contributed by atoms with Gasteiger partial charge < -0.3 is 10.6 Å². The maximum Gasteiger partial charge on any atom is 0.0426 e. The molecular formula is C13H21ClN2. The van der Waals surface area contributed by atoms with Crippen LogP contribution in [0.5, 0.6) is 0 Å². The van der Waals surface area contributed by atoms with Gasteiger partial charge in [0.15, 0.2) is 0 Å². The minimum Gasteiger partial charge on any atom is -0.372 e. The zero-order chi connectivity index (χ0) is 12.1. The quantitative estimate of drug-likeness (QED) is 0.857. The molecule has 0 amide bonds. The zero-order valence-electron chi connectivity index (χ0n) is 10.3. The van der Waals surface area contributed by atoms with Gasteiger partial charge in [-0.2, -0.15) is 0 Å². The number of rotatable bonds is 5. The summed E-state index contributed by atoms with van der Waals surface area (Å²) < 4.78 is 0. The van der Waals surface area contributed by atoms with Gasteiger partial charge in [-0.15, -0.1) is 0 Å². The van der Waals surface area contributed by atoms with Gasteiger partial charge in [0.1, 0.15) is 0 Å². The molecule has 0 saturated heterocycles. The Bertz CT molecular complexity index is 333. The first-order valence-corrected chi connectivity index (χ1v) is 6.25. The van der Waals surface area contributed by atoms with E-state index in [0.29, 0.717) is 0 Å². The van der Waals surface area contributed by atoms with Gasteiger partial charge in [-0.25, -0.2) is 0 Å². The predicted octanol–water partition coefficient (Wildman–Crippen LogP) is 3.08. The van der Waals surface area contributed by atoms with Crippen LogP contribution in [0.25, 0.3) is 0 Å². The number of hydrogen-bond donors (Lipinski definition) is 1. The van der Waals surface area contributed by atoms with Crippen LogP contribution >= 0.6 is 11.6 Å². The van der Waals surface area contributed by atoms with E-state index >= 15 is 0 Å². The Labute approximate surface area is 103 Å². The molecule has 0 aliphatic heterocycles. The van der Waals surface area contributed by atoms with Crippen molar-refractivity contribution in [3.05, 3.63) is 28.8 Å². The number of hydrogen-bond acceptors (Lipinski definition) is 2. The lowest BCUT2D eigenvalue weighted by atomic mass is 10.0. The van der Waals surface area contributed by atoms with E-state index < -0.39 is 0 Å². The van der Waals surface area contributed by atoms with E-state index in [0.717, 1.165) is 24.5 Å². The lowest BCUT2D eigenvalue weighted by Crippen LogP contribution is -2.25. The normalized spacial score (nSPS) is 12.6. The zero-order valence-corrected chi connectivity index (χ0v) is 11.1. The molecule has 2 N–H and O–H groups in total. The van der Waals surface area contributed by atoms with Crippen molar-refractivity contribution in [2.24, 2.45) is 5.73 Å². The van der Waals surface area contributed by atoms with Crippen LogP contribution in [0.4, 0.5) is 5.69 Å². The van der Waals surface area contributed by atoms with E-state index in [4.69, 9.17) is 17.3 Å². The highest BCUT2D eigenvalue weighted by molar-refractivity contribution is 6.30. The molecular weight excluding hydrogens is 220 g/mol. The lowest BCUT2D eigenvalue weighted by Gasteiger charge is -2.25. The number of benzene rings is 1. The molecule has 1 aromatic carbocycles. The van der Waals surface area contributed by atoms with Crippen LogP contribution in [-0.4, -0.2) is 19.1 Å². The van der Waals surface area contributed by atoms with Crippen molar-refractivity contribution in [2.75, 3.05) is 18.0 Å². The second-order valence-electron chi connectivity index (χ2n) is 4.13. The molecule has 0 bridgehead atoms. The second kappa shape index (κ2) is 6.12. The van der Waals surface area contributed by atoms with Crippen LogP contribution in [0.15, 0.2) is 18.2 Å². The molecule has 0 fully saturated rings. The summed E-state index contributed by atoms with van der Waals surface area (Å²) in [7, 11) is 0. The molecule has 0 radical (unpaired) electrons. The summed E-state index contributed by atoms with van der Waals surface area (Å²) >= 11 is 6.05. The number of nitrogens with two attached hydrogens (primary N) is 1. The van der Waals surface area contributed by atoms with Gasteiger partial charge in [-0.05, 0) is 44.9 Å². The molecule has 0 aliphatic rings. The highest BCUT2D eigenvalue weighted by atomic mass is 35.5. The third-order valence-corrected chi connectivity index (χ3v) is 2.93. The van der Waals surface area contributed by atoms with Crippen molar-refractivity contribution < 1.29 is 0 Å². The molecule has 90 valence electrons. The molecule has 2 nitrogen and oxygen atoms in total. The summed E-state index contributed by atoms with van der Waals surface area (Å²) in [4.78, 5) is 2.31. The molecule has 1 rings (SSSR count). The van der Waals surface area contributed by atoms with Crippen molar-refractivity contribution in [3.8, 4) is 0 Å².